The van der Waals surface area contributed by atoms with Crippen molar-refractivity contribution >= 4 is 5.91 Å². The second-order valence-corrected chi connectivity index (χ2v) is 3.31. The minimum atomic E-state index is -2.67. The van der Waals surface area contributed by atoms with Crippen molar-refractivity contribution in [2.24, 2.45) is 5.92 Å². The van der Waals surface area contributed by atoms with E-state index in [1.54, 1.807) is 0 Å². The van der Waals surface area contributed by atoms with Gasteiger partial charge in [-0.2, -0.15) is 0 Å². The molecule has 0 aromatic carbocycles. The van der Waals surface area contributed by atoms with E-state index in [4.69, 9.17) is 0 Å². The van der Waals surface area contributed by atoms with E-state index in [1.165, 1.54) is 14.2 Å². The molecule has 5 heteroatoms. The molecule has 1 fully saturated rings. The maximum atomic E-state index is 12.7. The van der Waals surface area contributed by atoms with Crippen LogP contribution < -0.4 is 0 Å². The molecule has 0 aromatic rings. The number of hydrogen-bond acceptors (Lipinski definition) is 2. The third-order valence-electron chi connectivity index (χ3n) is 2.34. The molecule has 0 saturated heterocycles. The van der Waals surface area contributed by atoms with Gasteiger partial charge in [0.25, 0.3) is 0 Å². The Balaban J connectivity index is 2.51. The van der Waals surface area contributed by atoms with Crippen LogP contribution in [0, 0.1) is 5.92 Å². The van der Waals surface area contributed by atoms with Crippen LogP contribution in [-0.4, -0.2) is 31.1 Å². The number of hydroxylamine groups is 2. The Morgan fingerprint density at radius 1 is 1.62 bits per heavy atom. The molecule has 0 spiro atoms. The number of nitrogens with zero attached hydrogens (tertiary/aromatic N) is 1. The topological polar surface area (TPSA) is 29.5 Å². The Hall–Kier alpha value is -0.710. The zero-order chi connectivity index (χ0) is 10.1. The van der Waals surface area contributed by atoms with Gasteiger partial charge in [-0.1, -0.05) is 0 Å². The fraction of sp³-hybridized carbons (Fsp3) is 0.875. The summed E-state index contributed by atoms with van der Waals surface area (Å²) in [4.78, 5) is 16.0. The van der Waals surface area contributed by atoms with Crippen LogP contribution in [0.15, 0.2) is 0 Å². The van der Waals surface area contributed by atoms with Crippen LogP contribution in [0.4, 0.5) is 8.78 Å². The highest BCUT2D eigenvalue weighted by atomic mass is 19.3. The molecule has 0 unspecified atom stereocenters. The molecule has 1 atom stereocenters. The number of carbonyl (C=O) groups excluding carboxylic acids is 1. The van der Waals surface area contributed by atoms with E-state index in [0.717, 1.165) is 5.06 Å². The molecule has 0 aliphatic heterocycles. The molecular formula is C8H13F2NO2. The van der Waals surface area contributed by atoms with Crippen molar-refractivity contribution < 1.29 is 18.4 Å². The van der Waals surface area contributed by atoms with Crippen molar-refractivity contribution in [3.05, 3.63) is 0 Å². The number of amides is 1. The van der Waals surface area contributed by atoms with Crippen LogP contribution in [0.25, 0.3) is 0 Å². The number of rotatable bonds is 2. The van der Waals surface area contributed by atoms with Crippen LogP contribution in [-0.2, 0) is 9.63 Å². The SMILES string of the molecule is CON(C)C(=O)[C@H]1CCC(F)(F)C1. The van der Waals surface area contributed by atoms with Crippen molar-refractivity contribution in [3.8, 4) is 0 Å². The van der Waals surface area contributed by atoms with Gasteiger partial charge < -0.3 is 0 Å². The molecule has 0 aromatic heterocycles. The van der Waals surface area contributed by atoms with Gasteiger partial charge in [0, 0.05) is 25.8 Å². The van der Waals surface area contributed by atoms with Gasteiger partial charge in [0.1, 0.15) is 0 Å². The fourth-order valence-corrected chi connectivity index (χ4v) is 1.51. The van der Waals surface area contributed by atoms with E-state index in [0.29, 0.717) is 0 Å². The minimum Gasteiger partial charge on any atom is -0.275 e. The predicted molar refractivity (Wildman–Crippen MR) is 42.1 cm³/mol. The second-order valence-electron chi connectivity index (χ2n) is 3.31. The Kier molecular flexibility index (Phi) is 2.85. The summed E-state index contributed by atoms with van der Waals surface area (Å²) in [6.45, 7) is 0. The van der Waals surface area contributed by atoms with Crippen LogP contribution >= 0.6 is 0 Å². The molecule has 1 aliphatic carbocycles. The first-order valence-electron chi connectivity index (χ1n) is 4.16. The van der Waals surface area contributed by atoms with Gasteiger partial charge in [0.05, 0.1) is 7.11 Å². The van der Waals surface area contributed by atoms with E-state index in [9.17, 15) is 13.6 Å². The van der Waals surface area contributed by atoms with Gasteiger partial charge in [-0.25, -0.2) is 13.8 Å². The highest BCUT2D eigenvalue weighted by molar-refractivity contribution is 5.78. The Morgan fingerprint density at radius 3 is 2.62 bits per heavy atom. The van der Waals surface area contributed by atoms with Crippen LogP contribution in [0.5, 0.6) is 0 Å². The third kappa shape index (κ3) is 2.37. The van der Waals surface area contributed by atoms with Crippen LogP contribution in [0.2, 0.25) is 0 Å². The summed E-state index contributed by atoms with van der Waals surface area (Å²) in [5.41, 5.74) is 0. The van der Waals surface area contributed by atoms with Crippen molar-refractivity contribution in [2.45, 2.75) is 25.2 Å². The van der Waals surface area contributed by atoms with Crippen molar-refractivity contribution in [1.29, 1.82) is 0 Å². The summed E-state index contributed by atoms with van der Waals surface area (Å²) in [7, 11) is 2.77. The minimum absolute atomic E-state index is 0.193. The molecule has 1 saturated carbocycles. The van der Waals surface area contributed by atoms with E-state index in [-0.39, 0.29) is 25.2 Å². The van der Waals surface area contributed by atoms with Gasteiger partial charge in [0.15, 0.2) is 0 Å². The highest BCUT2D eigenvalue weighted by Gasteiger charge is 2.43. The normalized spacial score (nSPS) is 26.0. The zero-order valence-corrected chi connectivity index (χ0v) is 7.72. The molecule has 0 N–H and O–H groups in total. The van der Waals surface area contributed by atoms with Gasteiger partial charge in [-0.3, -0.25) is 9.63 Å². The first-order valence-corrected chi connectivity index (χ1v) is 4.16. The number of alkyl halides is 2. The molecule has 0 bridgehead atoms. The fourth-order valence-electron chi connectivity index (χ4n) is 1.51. The second kappa shape index (κ2) is 3.57. The lowest BCUT2D eigenvalue weighted by Gasteiger charge is -2.17. The summed E-state index contributed by atoms with van der Waals surface area (Å²) in [6, 6.07) is 0. The third-order valence-corrected chi connectivity index (χ3v) is 2.34. The molecule has 1 amide bonds. The van der Waals surface area contributed by atoms with Gasteiger partial charge in [0.2, 0.25) is 11.8 Å². The number of hydrogen-bond donors (Lipinski definition) is 0. The van der Waals surface area contributed by atoms with Crippen molar-refractivity contribution in [3.63, 3.8) is 0 Å². The molecule has 76 valence electrons. The lowest BCUT2D eigenvalue weighted by molar-refractivity contribution is -0.174. The monoisotopic (exact) mass is 193 g/mol. The van der Waals surface area contributed by atoms with Gasteiger partial charge in [-0.05, 0) is 6.42 Å². The van der Waals surface area contributed by atoms with Crippen LogP contribution in [0.3, 0.4) is 0 Å². The molecule has 13 heavy (non-hydrogen) atoms. The lowest BCUT2D eigenvalue weighted by Crippen LogP contribution is -2.31. The summed E-state index contributed by atoms with van der Waals surface area (Å²) in [5.74, 6) is -3.62. The summed E-state index contributed by atoms with van der Waals surface area (Å²) >= 11 is 0. The quantitative estimate of drug-likeness (QED) is 0.621. The average Bonchev–Trinajstić information content (AvgIpc) is 2.43. The summed E-state index contributed by atoms with van der Waals surface area (Å²) in [6.07, 6.45) is -0.292. The smallest absolute Gasteiger partial charge is 0.249 e. The lowest BCUT2D eigenvalue weighted by atomic mass is 10.1. The van der Waals surface area contributed by atoms with Crippen molar-refractivity contribution in [2.75, 3.05) is 14.2 Å². The van der Waals surface area contributed by atoms with E-state index < -0.39 is 11.8 Å². The maximum Gasteiger partial charge on any atom is 0.249 e. The predicted octanol–water partition coefficient (Wildman–Crippen LogP) is 1.44. The molecular weight excluding hydrogens is 180 g/mol. The zero-order valence-electron chi connectivity index (χ0n) is 7.72. The number of carbonyl (C=O) groups is 1. The summed E-state index contributed by atoms with van der Waals surface area (Å²) in [5, 5.41) is 1.01. The molecule has 0 radical (unpaired) electrons. The van der Waals surface area contributed by atoms with E-state index in [1.807, 2.05) is 0 Å². The molecule has 0 heterocycles. The first kappa shape index (κ1) is 10.4. The van der Waals surface area contributed by atoms with Gasteiger partial charge >= 0.3 is 0 Å². The maximum absolute atomic E-state index is 12.7. The van der Waals surface area contributed by atoms with E-state index >= 15 is 0 Å². The molecule has 1 rings (SSSR count). The summed E-state index contributed by atoms with van der Waals surface area (Å²) < 4.78 is 25.4. The largest absolute Gasteiger partial charge is 0.275 e. The van der Waals surface area contributed by atoms with Gasteiger partial charge in [-0.15, -0.1) is 0 Å². The van der Waals surface area contributed by atoms with Crippen LogP contribution in [0.1, 0.15) is 19.3 Å². The molecule has 1 aliphatic rings. The standard InChI is InChI=1S/C8H13F2NO2/c1-11(13-2)7(12)6-3-4-8(9,10)5-6/h6H,3-5H2,1-2H3/t6-/m0/s1. The Bertz CT molecular complexity index is 208. The average molecular weight is 193 g/mol. The number of halogens is 2. The van der Waals surface area contributed by atoms with Crippen molar-refractivity contribution in [1.82, 2.24) is 5.06 Å². The highest BCUT2D eigenvalue weighted by Crippen LogP contribution is 2.39. The van der Waals surface area contributed by atoms with E-state index in [2.05, 4.69) is 4.84 Å². The Morgan fingerprint density at radius 2 is 2.23 bits per heavy atom. The first-order chi connectivity index (χ1) is 5.96. The molecule has 3 nitrogen and oxygen atoms in total. The Labute approximate surface area is 75.6 Å².